The molecule has 0 saturated heterocycles. The lowest BCUT2D eigenvalue weighted by Crippen LogP contribution is -2.30. The summed E-state index contributed by atoms with van der Waals surface area (Å²) in [7, 11) is -0.112. The van der Waals surface area contributed by atoms with E-state index in [0.29, 0.717) is 19.5 Å². The number of carbonyl (C=O) groups is 1. The molecule has 2 aromatic carbocycles. The Morgan fingerprint density at radius 1 is 1.09 bits per heavy atom. The third kappa shape index (κ3) is 7.26. The number of amides is 1. The molecule has 0 fully saturated rings. The van der Waals surface area contributed by atoms with Gasteiger partial charge in [0.25, 0.3) is 5.91 Å². The molecule has 0 unspecified atom stereocenters. The van der Waals surface area contributed by atoms with Crippen LogP contribution in [0.25, 0.3) is 17.0 Å². The van der Waals surface area contributed by atoms with Gasteiger partial charge in [-0.05, 0) is 48.2 Å². The number of sulfonamides is 1. The van der Waals surface area contributed by atoms with Crippen LogP contribution in [-0.4, -0.2) is 66.7 Å². The van der Waals surface area contributed by atoms with Gasteiger partial charge in [-0.25, -0.2) is 18.2 Å². The van der Waals surface area contributed by atoms with Gasteiger partial charge >= 0.3 is 0 Å². The fraction of sp³-hybridized carbons (Fsp3) is 0.320. The van der Waals surface area contributed by atoms with Gasteiger partial charge in [-0.3, -0.25) is 14.9 Å². The highest BCUT2D eigenvalue weighted by atomic mass is 32.2. The lowest BCUT2D eigenvalue weighted by atomic mass is 10.1. The molecule has 1 aromatic heterocycles. The number of aromatic amines is 1. The number of nitrogens with one attached hydrogen (secondary N) is 2. The highest BCUT2D eigenvalue weighted by molar-refractivity contribution is 7.89. The molecular formula is C25H32N4O4S. The van der Waals surface area contributed by atoms with Gasteiger partial charge in [-0.1, -0.05) is 42.5 Å². The SMILES string of the molecule is CN(C)S(=O)(=O)CCCN(CCc1c[nH]c2ccccc12)Cc1ccc(C=CC(=O)NO)cc1. The van der Waals surface area contributed by atoms with Gasteiger partial charge in [-0.2, -0.15) is 0 Å². The second-order valence-electron chi connectivity index (χ2n) is 8.39. The second kappa shape index (κ2) is 11.9. The summed E-state index contributed by atoms with van der Waals surface area (Å²) in [5, 5.41) is 9.80. The number of benzene rings is 2. The van der Waals surface area contributed by atoms with E-state index in [-0.39, 0.29) is 5.75 Å². The third-order valence-corrected chi connectivity index (χ3v) is 7.65. The van der Waals surface area contributed by atoms with Crippen molar-refractivity contribution in [2.24, 2.45) is 0 Å². The highest BCUT2D eigenvalue weighted by Gasteiger charge is 2.15. The largest absolute Gasteiger partial charge is 0.361 e. The van der Waals surface area contributed by atoms with Gasteiger partial charge < -0.3 is 4.98 Å². The lowest BCUT2D eigenvalue weighted by Gasteiger charge is -2.23. The Kier molecular flexibility index (Phi) is 9.00. The van der Waals surface area contributed by atoms with Crippen LogP contribution in [0.1, 0.15) is 23.1 Å². The molecule has 0 atom stereocenters. The molecule has 9 heteroatoms. The predicted molar refractivity (Wildman–Crippen MR) is 135 cm³/mol. The van der Waals surface area contributed by atoms with Crippen molar-refractivity contribution < 1.29 is 18.4 Å². The summed E-state index contributed by atoms with van der Waals surface area (Å²) in [4.78, 5) is 16.7. The minimum atomic E-state index is -3.23. The van der Waals surface area contributed by atoms with Crippen LogP contribution in [0.15, 0.2) is 60.8 Å². The molecule has 3 rings (SSSR count). The zero-order valence-electron chi connectivity index (χ0n) is 19.6. The van der Waals surface area contributed by atoms with E-state index in [4.69, 9.17) is 5.21 Å². The average molecular weight is 485 g/mol. The van der Waals surface area contributed by atoms with Crippen LogP contribution in [-0.2, 0) is 27.8 Å². The van der Waals surface area contributed by atoms with Gasteiger partial charge in [0.1, 0.15) is 0 Å². The van der Waals surface area contributed by atoms with E-state index >= 15 is 0 Å². The van der Waals surface area contributed by atoms with E-state index in [2.05, 4.69) is 22.0 Å². The lowest BCUT2D eigenvalue weighted by molar-refractivity contribution is -0.124. The summed E-state index contributed by atoms with van der Waals surface area (Å²) in [6.45, 7) is 2.14. The van der Waals surface area contributed by atoms with Crippen LogP contribution >= 0.6 is 0 Å². The van der Waals surface area contributed by atoms with E-state index in [1.54, 1.807) is 25.7 Å². The summed E-state index contributed by atoms with van der Waals surface area (Å²) in [6.07, 6.45) is 6.32. The van der Waals surface area contributed by atoms with Crippen molar-refractivity contribution in [2.75, 3.05) is 32.9 Å². The summed E-state index contributed by atoms with van der Waals surface area (Å²) in [5.41, 5.74) is 5.85. The number of aromatic nitrogens is 1. The van der Waals surface area contributed by atoms with Crippen LogP contribution < -0.4 is 5.48 Å². The maximum Gasteiger partial charge on any atom is 0.267 e. The first-order valence-corrected chi connectivity index (χ1v) is 12.8. The fourth-order valence-electron chi connectivity index (χ4n) is 3.74. The second-order valence-corrected chi connectivity index (χ2v) is 10.7. The standard InChI is InChI=1S/C25H32N4O4S/c1-28(2)34(32,33)17-5-15-29(16-14-22-18-26-24-7-4-3-6-23(22)24)19-21-10-8-20(9-11-21)12-13-25(30)27-31/h3-4,6-13,18,26,31H,5,14-17,19H2,1-2H3,(H,27,30). The van der Waals surface area contributed by atoms with Gasteiger partial charge in [0.05, 0.1) is 5.75 Å². The zero-order valence-corrected chi connectivity index (χ0v) is 20.4. The molecular weight excluding hydrogens is 452 g/mol. The van der Waals surface area contributed by atoms with Gasteiger partial charge in [0.2, 0.25) is 10.0 Å². The van der Waals surface area contributed by atoms with E-state index in [1.165, 1.54) is 21.3 Å². The van der Waals surface area contributed by atoms with Crippen molar-refractivity contribution in [3.8, 4) is 0 Å². The molecule has 1 amide bonds. The molecule has 0 aliphatic rings. The number of nitrogens with zero attached hydrogens (tertiary/aromatic N) is 2. The number of rotatable bonds is 12. The summed E-state index contributed by atoms with van der Waals surface area (Å²) in [5.74, 6) is -0.472. The smallest absolute Gasteiger partial charge is 0.267 e. The van der Waals surface area contributed by atoms with Crippen molar-refractivity contribution in [2.45, 2.75) is 19.4 Å². The van der Waals surface area contributed by atoms with Crippen LogP contribution in [0.2, 0.25) is 0 Å². The Bertz CT molecular complexity index is 1220. The summed E-state index contributed by atoms with van der Waals surface area (Å²) >= 11 is 0. The van der Waals surface area contributed by atoms with Crippen LogP contribution in [0.4, 0.5) is 0 Å². The summed E-state index contributed by atoms with van der Waals surface area (Å²) in [6, 6.07) is 16.0. The first kappa shape index (κ1) is 25.6. The van der Waals surface area contributed by atoms with Crippen molar-refractivity contribution in [1.82, 2.24) is 19.7 Å². The molecule has 0 saturated carbocycles. The van der Waals surface area contributed by atoms with E-state index in [9.17, 15) is 13.2 Å². The Balaban J connectivity index is 1.67. The number of para-hydroxylation sites is 1. The predicted octanol–water partition coefficient (Wildman–Crippen LogP) is 3.01. The van der Waals surface area contributed by atoms with Crippen molar-refractivity contribution in [3.63, 3.8) is 0 Å². The van der Waals surface area contributed by atoms with Gasteiger partial charge in [0.15, 0.2) is 0 Å². The van der Waals surface area contributed by atoms with E-state index in [0.717, 1.165) is 29.6 Å². The maximum atomic E-state index is 12.2. The monoisotopic (exact) mass is 484 g/mol. The van der Waals surface area contributed by atoms with E-state index in [1.807, 2.05) is 42.6 Å². The third-order valence-electron chi connectivity index (χ3n) is 5.73. The Labute approximate surface area is 200 Å². The number of hydrogen-bond acceptors (Lipinski definition) is 5. The molecule has 8 nitrogen and oxygen atoms in total. The molecule has 0 bridgehead atoms. The van der Waals surface area contributed by atoms with Crippen molar-refractivity contribution >= 4 is 32.9 Å². The van der Waals surface area contributed by atoms with Gasteiger partial charge in [0, 0.05) is 50.4 Å². The first-order valence-electron chi connectivity index (χ1n) is 11.2. The van der Waals surface area contributed by atoms with Crippen molar-refractivity contribution in [3.05, 3.63) is 77.5 Å². The summed E-state index contributed by atoms with van der Waals surface area (Å²) < 4.78 is 25.6. The molecule has 0 spiro atoms. The fourth-order valence-corrected chi connectivity index (χ4v) is 4.60. The van der Waals surface area contributed by atoms with E-state index < -0.39 is 15.9 Å². The molecule has 0 aliphatic heterocycles. The topological polar surface area (TPSA) is 106 Å². The molecule has 1 heterocycles. The van der Waals surface area contributed by atoms with Crippen LogP contribution in [0.3, 0.4) is 0 Å². The number of hydroxylamine groups is 1. The minimum absolute atomic E-state index is 0.111. The van der Waals surface area contributed by atoms with Crippen LogP contribution in [0, 0.1) is 0 Å². The number of carbonyl (C=O) groups excluding carboxylic acids is 1. The number of hydrogen-bond donors (Lipinski definition) is 3. The Morgan fingerprint density at radius 3 is 2.53 bits per heavy atom. The molecule has 0 radical (unpaired) electrons. The maximum absolute atomic E-state index is 12.2. The Morgan fingerprint density at radius 2 is 1.82 bits per heavy atom. The first-order chi connectivity index (χ1) is 16.3. The highest BCUT2D eigenvalue weighted by Crippen LogP contribution is 2.19. The molecule has 182 valence electrons. The minimum Gasteiger partial charge on any atom is -0.361 e. The molecule has 3 aromatic rings. The molecule has 3 N–H and O–H groups in total. The van der Waals surface area contributed by atoms with Crippen molar-refractivity contribution in [1.29, 1.82) is 0 Å². The number of H-pyrrole nitrogens is 1. The average Bonchev–Trinajstić information content (AvgIpc) is 3.24. The Hall–Kier alpha value is -2.98. The van der Waals surface area contributed by atoms with Crippen LogP contribution in [0.5, 0.6) is 0 Å². The van der Waals surface area contributed by atoms with Gasteiger partial charge in [-0.15, -0.1) is 0 Å². The molecule has 34 heavy (non-hydrogen) atoms. The normalized spacial score (nSPS) is 12.3. The quantitative estimate of drug-likeness (QED) is 0.208. The number of fused-ring (bicyclic) bond motifs is 1. The zero-order chi connectivity index (χ0) is 24.6. The molecule has 0 aliphatic carbocycles.